The van der Waals surface area contributed by atoms with Crippen molar-refractivity contribution >= 4 is 18.0 Å². The molecule has 0 bridgehead atoms. The number of rotatable bonds is 3. The highest BCUT2D eigenvalue weighted by atomic mass is 16.7. The lowest BCUT2D eigenvalue weighted by Gasteiger charge is -2.29. The zero-order valence-electron chi connectivity index (χ0n) is 16.7. The van der Waals surface area contributed by atoms with Crippen molar-refractivity contribution in [3.63, 3.8) is 0 Å². The molecule has 28 heavy (non-hydrogen) atoms. The van der Waals surface area contributed by atoms with Gasteiger partial charge in [-0.1, -0.05) is 45.0 Å². The fraction of sp³-hybridized carbons (Fsp3) is 0.304. The second kappa shape index (κ2) is 7.15. The molecule has 0 amide bonds. The van der Waals surface area contributed by atoms with Crippen LogP contribution in [0.2, 0.25) is 0 Å². The van der Waals surface area contributed by atoms with Gasteiger partial charge in [-0.05, 0) is 46.9 Å². The fourth-order valence-corrected chi connectivity index (χ4v) is 2.74. The first kappa shape index (κ1) is 19.7. The summed E-state index contributed by atoms with van der Waals surface area (Å²) in [5.74, 6) is -1.24. The van der Waals surface area contributed by atoms with Gasteiger partial charge in [-0.3, -0.25) is 0 Å². The Morgan fingerprint density at radius 3 is 1.75 bits per heavy atom. The highest BCUT2D eigenvalue weighted by Crippen LogP contribution is 2.28. The molecule has 146 valence electrons. The Morgan fingerprint density at radius 2 is 1.29 bits per heavy atom. The van der Waals surface area contributed by atoms with Gasteiger partial charge in [0.1, 0.15) is 17.1 Å². The smallest absolute Gasteiger partial charge is 0.348 e. The highest BCUT2D eigenvalue weighted by molar-refractivity contribution is 6.18. The number of cyclic esters (lactones) is 2. The normalized spacial score (nSPS) is 16.2. The van der Waals surface area contributed by atoms with E-state index in [1.807, 2.05) is 12.1 Å². The van der Waals surface area contributed by atoms with Gasteiger partial charge in [-0.2, -0.15) is 0 Å². The standard InChI is InChI=1S/C23H24O5/c1-22(2,3)16-8-12-18(13-9-16)26-17-10-6-15(7-11-17)14-19-20(24)27-23(4,5)28-21(19)25/h6-14H,1-5H3. The van der Waals surface area contributed by atoms with E-state index in [-0.39, 0.29) is 11.0 Å². The molecule has 1 heterocycles. The van der Waals surface area contributed by atoms with Crippen LogP contribution in [-0.2, 0) is 24.5 Å². The minimum absolute atomic E-state index is 0.0876. The van der Waals surface area contributed by atoms with Crippen LogP contribution in [0.1, 0.15) is 45.7 Å². The second-order valence-corrected chi connectivity index (χ2v) is 8.18. The molecule has 0 spiro atoms. The lowest BCUT2D eigenvalue weighted by Crippen LogP contribution is -2.41. The lowest BCUT2D eigenvalue weighted by atomic mass is 9.87. The Kier molecular flexibility index (Phi) is 5.02. The molecule has 0 saturated carbocycles. The Morgan fingerprint density at radius 1 is 0.821 bits per heavy atom. The Balaban J connectivity index is 1.72. The van der Waals surface area contributed by atoms with E-state index in [4.69, 9.17) is 14.2 Å². The summed E-state index contributed by atoms with van der Waals surface area (Å²) >= 11 is 0. The number of benzene rings is 2. The van der Waals surface area contributed by atoms with Crippen molar-refractivity contribution in [1.82, 2.24) is 0 Å². The maximum Gasteiger partial charge on any atom is 0.348 e. The molecule has 1 aliphatic rings. The average Bonchev–Trinajstić information content (AvgIpc) is 2.58. The molecule has 2 aromatic carbocycles. The third-order valence-corrected chi connectivity index (χ3v) is 4.26. The summed E-state index contributed by atoms with van der Waals surface area (Å²) in [4.78, 5) is 24.0. The van der Waals surface area contributed by atoms with Crippen molar-refractivity contribution in [1.29, 1.82) is 0 Å². The predicted molar refractivity (Wildman–Crippen MR) is 106 cm³/mol. The largest absolute Gasteiger partial charge is 0.457 e. The van der Waals surface area contributed by atoms with E-state index in [2.05, 4.69) is 32.9 Å². The Bertz CT molecular complexity index is 891. The van der Waals surface area contributed by atoms with Crippen molar-refractivity contribution in [2.45, 2.75) is 45.8 Å². The number of esters is 2. The molecule has 5 nitrogen and oxygen atoms in total. The molecule has 0 radical (unpaired) electrons. The highest BCUT2D eigenvalue weighted by Gasteiger charge is 2.38. The van der Waals surface area contributed by atoms with E-state index in [1.54, 1.807) is 24.3 Å². The van der Waals surface area contributed by atoms with Crippen LogP contribution in [0.5, 0.6) is 11.5 Å². The van der Waals surface area contributed by atoms with Crippen LogP contribution in [0.4, 0.5) is 0 Å². The molecular weight excluding hydrogens is 356 g/mol. The Hall–Kier alpha value is -3.08. The zero-order valence-corrected chi connectivity index (χ0v) is 16.7. The number of ether oxygens (including phenoxy) is 3. The lowest BCUT2D eigenvalue weighted by molar-refractivity contribution is -0.222. The molecule has 1 saturated heterocycles. The third kappa shape index (κ3) is 4.60. The number of carbonyl (C=O) groups excluding carboxylic acids is 2. The van der Waals surface area contributed by atoms with Crippen LogP contribution in [-0.4, -0.2) is 17.7 Å². The van der Waals surface area contributed by atoms with E-state index in [0.717, 1.165) is 5.75 Å². The van der Waals surface area contributed by atoms with Gasteiger partial charge in [0.05, 0.1) is 0 Å². The van der Waals surface area contributed by atoms with E-state index in [1.165, 1.54) is 25.5 Å². The minimum atomic E-state index is -1.24. The van der Waals surface area contributed by atoms with Gasteiger partial charge in [0.2, 0.25) is 0 Å². The second-order valence-electron chi connectivity index (χ2n) is 8.18. The monoisotopic (exact) mass is 380 g/mol. The first-order valence-corrected chi connectivity index (χ1v) is 9.10. The number of hydrogen-bond donors (Lipinski definition) is 0. The molecule has 2 aromatic rings. The van der Waals surface area contributed by atoms with Gasteiger partial charge in [0.15, 0.2) is 0 Å². The summed E-state index contributed by atoms with van der Waals surface area (Å²) in [6, 6.07) is 15.0. The van der Waals surface area contributed by atoms with Gasteiger partial charge in [-0.25, -0.2) is 9.59 Å². The first-order valence-electron chi connectivity index (χ1n) is 9.10. The van der Waals surface area contributed by atoms with Crippen LogP contribution in [0.25, 0.3) is 6.08 Å². The summed E-state index contributed by atoms with van der Waals surface area (Å²) in [6.07, 6.45) is 1.45. The van der Waals surface area contributed by atoms with Crippen LogP contribution >= 0.6 is 0 Å². The van der Waals surface area contributed by atoms with Crippen molar-refractivity contribution in [2.75, 3.05) is 0 Å². The molecule has 0 aliphatic carbocycles. The molecule has 3 rings (SSSR count). The average molecular weight is 380 g/mol. The van der Waals surface area contributed by atoms with E-state index >= 15 is 0 Å². The number of hydrogen-bond acceptors (Lipinski definition) is 5. The topological polar surface area (TPSA) is 61.8 Å². The van der Waals surface area contributed by atoms with Gasteiger partial charge in [0, 0.05) is 13.8 Å². The Labute approximate surface area is 164 Å². The van der Waals surface area contributed by atoms with Crippen LogP contribution in [0.15, 0.2) is 54.1 Å². The summed E-state index contributed by atoms with van der Waals surface area (Å²) in [5, 5.41) is 0. The van der Waals surface area contributed by atoms with Crippen LogP contribution < -0.4 is 4.74 Å². The maximum absolute atomic E-state index is 12.0. The molecule has 0 atom stereocenters. The molecule has 5 heteroatoms. The van der Waals surface area contributed by atoms with Gasteiger partial charge >= 0.3 is 11.9 Å². The van der Waals surface area contributed by atoms with Gasteiger partial charge < -0.3 is 14.2 Å². The van der Waals surface area contributed by atoms with Crippen molar-refractivity contribution in [3.8, 4) is 11.5 Å². The van der Waals surface area contributed by atoms with E-state index in [9.17, 15) is 9.59 Å². The molecule has 0 aromatic heterocycles. The summed E-state index contributed by atoms with van der Waals surface area (Å²) in [6.45, 7) is 9.51. The minimum Gasteiger partial charge on any atom is -0.457 e. The van der Waals surface area contributed by atoms with Gasteiger partial charge in [0.25, 0.3) is 5.79 Å². The van der Waals surface area contributed by atoms with Crippen molar-refractivity contribution in [2.24, 2.45) is 0 Å². The van der Waals surface area contributed by atoms with Gasteiger partial charge in [-0.15, -0.1) is 0 Å². The molecule has 1 fully saturated rings. The van der Waals surface area contributed by atoms with Crippen molar-refractivity contribution in [3.05, 3.63) is 65.2 Å². The SMILES string of the molecule is CC1(C)OC(=O)C(=Cc2ccc(Oc3ccc(C(C)(C)C)cc3)cc2)C(=O)O1. The molecule has 0 unspecified atom stereocenters. The summed E-state index contributed by atoms with van der Waals surface area (Å²) < 4.78 is 16.0. The quantitative estimate of drug-likeness (QED) is 0.426. The first-order chi connectivity index (χ1) is 13.0. The van der Waals surface area contributed by atoms with Crippen molar-refractivity contribution < 1.29 is 23.8 Å². The van der Waals surface area contributed by atoms with Crippen LogP contribution in [0.3, 0.4) is 0 Å². The summed E-state index contributed by atoms with van der Waals surface area (Å²) in [5.41, 5.74) is 1.85. The number of carbonyl (C=O) groups is 2. The molecular formula is C23H24O5. The van der Waals surface area contributed by atoms with Crippen LogP contribution in [0, 0.1) is 0 Å². The summed E-state index contributed by atoms with van der Waals surface area (Å²) in [7, 11) is 0. The predicted octanol–water partition coefficient (Wildman–Crippen LogP) is 5.00. The molecule has 0 N–H and O–H groups in total. The zero-order chi connectivity index (χ0) is 20.5. The fourth-order valence-electron chi connectivity index (χ4n) is 2.74. The maximum atomic E-state index is 12.0. The third-order valence-electron chi connectivity index (χ3n) is 4.26. The molecule has 1 aliphatic heterocycles. The van der Waals surface area contributed by atoms with E-state index in [0.29, 0.717) is 11.3 Å². The van der Waals surface area contributed by atoms with E-state index < -0.39 is 17.7 Å².